The topological polar surface area (TPSA) is 120 Å². The van der Waals surface area contributed by atoms with Crippen LogP contribution < -0.4 is 15.4 Å². The molecular formula is C21H23N7O3S. The van der Waals surface area contributed by atoms with Gasteiger partial charge in [0.05, 0.1) is 36.4 Å². The molecule has 1 aromatic carbocycles. The summed E-state index contributed by atoms with van der Waals surface area (Å²) in [5.74, 6) is 1.47. The van der Waals surface area contributed by atoms with Crippen LogP contribution in [0.15, 0.2) is 30.5 Å². The molecule has 2 bridgehead atoms. The first-order chi connectivity index (χ1) is 15.5. The molecule has 10 nitrogen and oxygen atoms in total. The number of aromatic nitrogens is 4. The molecule has 0 spiro atoms. The maximum Gasteiger partial charge on any atom is 0.327 e. The number of anilines is 2. The summed E-state index contributed by atoms with van der Waals surface area (Å²) in [5, 5.41) is 0.442. The molecule has 2 saturated heterocycles. The van der Waals surface area contributed by atoms with Gasteiger partial charge in [-0.05, 0) is 37.1 Å². The van der Waals surface area contributed by atoms with Gasteiger partial charge in [0, 0.05) is 19.7 Å². The number of benzene rings is 1. The first kappa shape index (κ1) is 20.6. The van der Waals surface area contributed by atoms with Gasteiger partial charge in [-0.2, -0.15) is 15.0 Å². The van der Waals surface area contributed by atoms with Crippen LogP contribution in [0.4, 0.5) is 11.1 Å². The van der Waals surface area contributed by atoms with Crippen molar-refractivity contribution in [1.29, 1.82) is 0 Å². The predicted molar refractivity (Wildman–Crippen MR) is 120 cm³/mol. The molecule has 4 heterocycles. The zero-order valence-corrected chi connectivity index (χ0v) is 18.6. The van der Waals surface area contributed by atoms with Crippen molar-refractivity contribution in [3.05, 3.63) is 36.0 Å². The maximum atomic E-state index is 12.1. The van der Waals surface area contributed by atoms with Crippen LogP contribution in [0.1, 0.15) is 23.2 Å². The van der Waals surface area contributed by atoms with E-state index >= 15 is 0 Å². The minimum Gasteiger partial charge on any atom is -0.424 e. The molecule has 0 saturated carbocycles. The van der Waals surface area contributed by atoms with Gasteiger partial charge in [0.1, 0.15) is 5.75 Å². The molecule has 2 N–H and O–H groups in total. The summed E-state index contributed by atoms with van der Waals surface area (Å²) in [7, 11) is 3.43. The zero-order valence-electron chi connectivity index (χ0n) is 17.8. The molecule has 2 aliphatic rings. The summed E-state index contributed by atoms with van der Waals surface area (Å²) in [6, 6.07) is 7.53. The van der Waals surface area contributed by atoms with E-state index in [0.29, 0.717) is 41.4 Å². The number of hydrogen-bond donors (Lipinski definition) is 1. The predicted octanol–water partition coefficient (Wildman–Crippen LogP) is 2.44. The minimum absolute atomic E-state index is 0.0770. The second kappa shape index (κ2) is 8.32. The van der Waals surface area contributed by atoms with Gasteiger partial charge in [0.25, 0.3) is 5.91 Å². The van der Waals surface area contributed by atoms with Gasteiger partial charge in [-0.15, -0.1) is 0 Å². The molecule has 166 valence electrons. The normalized spacial score (nSPS) is 19.8. The third-order valence-electron chi connectivity index (χ3n) is 5.53. The Morgan fingerprint density at radius 1 is 1.16 bits per heavy atom. The van der Waals surface area contributed by atoms with Gasteiger partial charge < -0.3 is 25.0 Å². The summed E-state index contributed by atoms with van der Waals surface area (Å²) in [4.78, 5) is 34.5. The van der Waals surface area contributed by atoms with Crippen molar-refractivity contribution in [2.24, 2.45) is 0 Å². The lowest BCUT2D eigenvalue weighted by atomic mass is 10.2. The molecule has 2 aliphatic heterocycles. The van der Waals surface area contributed by atoms with Crippen LogP contribution in [0.5, 0.6) is 11.8 Å². The Labute approximate surface area is 189 Å². The van der Waals surface area contributed by atoms with Crippen molar-refractivity contribution >= 4 is 28.3 Å². The number of hydrogen-bond acceptors (Lipinski definition) is 10. The molecule has 2 fully saturated rings. The molecule has 0 aliphatic carbocycles. The highest BCUT2D eigenvalue weighted by Crippen LogP contribution is 2.35. The summed E-state index contributed by atoms with van der Waals surface area (Å²) in [5.41, 5.74) is 6.39. The number of morpholine rings is 1. The standard InChI is InChI=1S/C21H23N7O3S/c1-27(2)18(29)12-3-7-15(8-4-12)31-21-25-17(16-9-23-19(22)32-16)24-20(26-21)28-13-5-6-14(28)11-30-10-13/h3-4,7-9,13-14H,5-6,10-11H2,1-2H3,(H2,22,23). The molecule has 11 heteroatoms. The first-order valence-corrected chi connectivity index (χ1v) is 11.1. The zero-order chi connectivity index (χ0) is 22.2. The largest absolute Gasteiger partial charge is 0.424 e. The molecule has 0 radical (unpaired) electrons. The van der Waals surface area contributed by atoms with Crippen LogP contribution in [0.3, 0.4) is 0 Å². The number of fused-ring (bicyclic) bond motifs is 2. The van der Waals surface area contributed by atoms with Gasteiger partial charge >= 0.3 is 6.01 Å². The van der Waals surface area contributed by atoms with E-state index in [1.807, 2.05) is 0 Å². The Hall–Kier alpha value is -3.31. The Balaban J connectivity index is 1.48. The van der Waals surface area contributed by atoms with Crippen LogP contribution in [0, 0.1) is 0 Å². The van der Waals surface area contributed by atoms with Crippen LogP contribution in [-0.4, -0.2) is 70.1 Å². The van der Waals surface area contributed by atoms with Crippen LogP contribution >= 0.6 is 11.3 Å². The lowest BCUT2D eigenvalue weighted by Crippen LogP contribution is -2.46. The number of nitrogen functional groups attached to an aromatic ring is 1. The lowest BCUT2D eigenvalue weighted by Gasteiger charge is -2.34. The third-order valence-corrected chi connectivity index (χ3v) is 6.36. The van der Waals surface area contributed by atoms with E-state index in [1.165, 1.54) is 16.2 Å². The Kier molecular flexibility index (Phi) is 5.35. The lowest BCUT2D eigenvalue weighted by molar-refractivity contribution is 0.0827. The molecule has 2 aromatic heterocycles. The average molecular weight is 454 g/mol. The number of ether oxygens (including phenoxy) is 2. The van der Waals surface area contributed by atoms with Gasteiger partial charge in [0.2, 0.25) is 5.95 Å². The van der Waals surface area contributed by atoms with Crippen LogP contribution in [-0.2, 0) is 4.74 Å². The van der Waals surface area contributed by atoms with Crippen molar-refractivity contribution < 1.29 is 14.3 Å². The maximum absolute atomic E-state index is 12.1. The van der Waals surface area contributed by atoms with Crippen molar-refractivity contribution in [2.75, 3.05) is 37.9 Å². The fourth-order valence-corrected chi connectivity index (χ4v) is 4.61. The fraction of sp³-hybridized carbons (Fsp3) is 0.381. The van der Waals surface area contributed by atoms with Gasteiger partial charge in [-0.1, -0.05) is 11.3 Å². The van der Waals surface area contributed by atoms with Crippen LogP contribution in [0.2, 0.25) is 0 Å². The summed E-state index contributed by atoms with van der Waals surface area (Å²) >= 11 is 1.31. The van der Waals surface area contributed by atoms with E-state index in [9.17, 15) is 4.79 Å². The van der Waals surface area contributed by atoms with E-state index in [1.54, 1.807) is 44.6 Å². The second-order valence-electron chi connectivity index (χ2n) is 7.96. The first-order valence-electron chi connectivity index (χ1n) is 10.3. The summed E-state index contributed by atoms with van der Waals surface area (Å²) < 4.78 is 11.7. The quantitative estimate of drug-likeness (QED) is 0.621. The minimum atomic E-state index is -0.0770. The number of carbonyl (C=O) groups is 1. The Morgan fingerprint density at radius 2 is 1.88 bits per heavy atom. The molecule has 1 amide bonds. The van der Waals surface area contributed by atoms with Crippen molar-refractivity contribution in [2.45, 2.75) is 24.9 Å². The van der Waals surface area contributed by atoms with E-state index in [2.05, 4.69) is 19.9 Å². The van der Waals surface area contributed by atoms with Gasteiger partial charge in [0.15, 0.2) is 11.0 Å². The van der Waals surface area contributed by atoms with Crippen molar-refractivity contribution in [1.82, 2.24) is 24.8 Å². The number of carbonyl (C=O) groups excluding carboxylic acids is 1. The highest BCUT2D eigenvalue weighted by molar-refractivity contribution is 7.18. The highest BCUT2D eigenvalue weighted by Gasteiger charge is 2.39. The molecule has 5 rings (SSSR count). The highest BCUT2D eigenvalue weighted by atomic mass is 32.1. The van der Waals surface area contributed by atoms with E-state index in [-0.39, 0.29) is 24.0 Å². The van der Waals surface area contributed by atoms with E-state index < -0.39 is 0 Å². The summed E-state index contributed by atoms with van der Waals surface area (Å²) in [6.45, 7) is 1.31. The smallest absolute Gasteiger partial charge is 0.327 e. The van der Waals surface area contributed by atoms with E-state index in [4.69, 9.17) is 20.2 Å². The third kappa shape index (κ3) is 3.96. The molecule has 2 unspecified atom stereocenters. The Bertz CT molecular complexity index is 1120. The number of nitrogens with two attached hydrogens (primary N) is 1. The summed E-state index contributed by atoms with van der Waals surface area (Å²) in [6.07, 6.45) is 3.73. The van der Waals surface area contributed by atoms with Crippen molar-refractivity contribution in [3.63, 3.8) is 0 Å². The fourth-order valence-electron chi connectivity index (χ4n) is 3.99. The molecule has 2 atom stereocenters. The number of amides is 1. The van der Waals surface area contributed by atoms with E-state index in [0.717, 1.165) is 17.7 Å². The Morgan fingerprint density at radius 3 is 2.50 bits per heavy atom. The molecule has 32 heavy (non-hydrogen) atoms. The SMILES string of the molecule is CN(C)C(=O)c1ccc(Oc2nc(-c3cnc(N)s3)nc(N3C4CCC3COC4)n2)cc1. The number of nitrogens with zero attached hydrogens (tertiary/aromatic N) is 6. The number of thiazole rings is 1. The monoisotopic (exact) mass is 453 g/mol. The van der Waals surface area contributed by atoms with Gasteiger partial charge in [-0.3, -0.25) is 4.79 Å². The van der Waals surface area contributed by atoms with Crippen molar-refractivity contribution in [3.8, 4) is 22.5 Å². The van der Waals surface area contributed by atoms with Gasteiger partial charge in [-0.25, -0.2) is 4.98 Å². The second-order valence-corrected chi connectivity index (χ2v) is 9.02. The average Bonchev–Trinajstić information content (AvgIpc) is 3.33. The molecule has 3 aromatic rings. The number of rotatable bonds is 5. The van der Waals surface area contributed by atoms with Crippen LogP contribution in [0.25, 0.3) is 10.7 Å². The molecular weight excluding hydrogens is 430 g/mol.